The van der Waals surface area contributed by atoms with Gasteiger partial charge < -0.3 is 5.32 Å². The van der Waals surface area contributed by atoms with Crippen LogP contribution in [0.1, 0.15) is 123 Å². The van der Waals surface area contributed by atoms with Crippen molar-refractivity contribution in [3.05, 3.63) is 0 Å². The number of hydroxylamine groups is 3. The van der Waals surface area contributed by atoms with Crippen LogP contribution in [-0.2, 0) is 9.63 Å². The maximum Gasteiger partial charge on any atom is 0.219 e. The van der Waals surface area contributed by atoms with Gasteiger partial charge in [-0.2, -0.15) is 4.65 Å². The van der Waals surface area contributed by atoms with Crippen LogP contribution in [0.2, 0.25) is 0 Å². The molecule has 1 N–H and O–H groups in total. The summed E-state index contributed by atoms with van der Waals surface area (Å²) in [6.45, 7) is 6.70. The van der Waals surface area contributed by atoms with Crippen LogP contribution < -0.4 is 5.32 Å². The summed E-state index contributed by atoms with van der Waals surface area (Å²) in [5.41, 5.74) is 0. The predicted octanol–water partition coefficient (Wildman–Crippen LogP) is 6.78. The molecule has 0 aliphatic carbocycles. The average molecular weight is 414 g/mol. The molecule has 0 heterocycles. The molecule has 0 bridgehead atoms. The monoisotopic (exact) mass is 413 g/mol. The van der Waals surface area contributed by atoms with E-state index in [1.807, 2.05) is 6.92 Å². The summed E-state index contributed by atoms with van der Waals surface area (Å²) in [7, 11) is 4.11. The van der Waals surface area contributed by atoms with Crippen molar-refractivity contribution in [3.63, 3.8) is 0 Å². The minimum Gasteiger partial charge on any atom is -0.356 e. The van der Waals surface area contributed by atoms with E-state index >= 15 is 0 Å². The van der Waals surface area contributed by atoms with Gasteiger partial charge in [0.05, 0.1) is 14.1 Å². The van der Waals surface area contributed by atoms with Gasteiger partial charge in [0.1, 0.15) is 13.2 Å². The third kappa shape index (κ3) is 21.9. The lowest BCUT2D eigenvalue weighted by Crippen LogP contribution is -2.41. The second-order valence-electron chi connectivity index (χ2n) is 9.12. The smallest absolute Gasteiger partial charge is 0.219 e. The number of unbranched alkanes of at least 4 members (excludes halogenated alkanes) is 14. The van der Waals surface area contributed by atoms with Crippen LogP contribution in [-0.4, -0.2) is 44.3 Å². The third-order valence-corrected chi connectivity index (χ3v) is 5.68. The first-order valence-electron chi connectivity index (χ1n) is 12.8. The van der Waals surface area contributed by atoms with E-state index in [9.17, 15) is 4.79 Å². The highest BCUT2D eigenvalue weighted by atomic mass is 16.7. The summed E-state index contributed by atoms with van der Waals surface area (Å²) < 4.78 is 0.561. The fourth-order valence-electron chi connectivity index (χ4n) is 3.85. The minimum atomic E-state index is 0.210. The minimum absolute atomic E-state index is 0.210. The number of rotatable bonds is 22. The Balaban J connectivity index is 3.25. The SMILES string of the molecule is CCCCCCCCCCCCCCCCCC(=O)NCCC[N+](C)(C)OCC. The first-order valence-corrected chi connectivity index (χ1v) is 12.8. The van der Waals surface area contributed by atoms with Gasteiger partial charge in [-0.25, -0.2) is 4.84 Å². The van der Waals surface area contributed by atoms with Crippen molar-refractivity contribution in [2.24, 2.45) is 0 Å². The topological polar surface area (TPSA) is 38.3 Å². The first-order chi connectivity index (χ1) is 14.0. The van der Waals surface area contributed by atoms with Gasteiger partial charge >= 0.3 is 0 Å². The molecule has 1 amide bonds. The van der Waals surface area contributed by atoms with E-state index in [2.05, 4.69) is 26.3 Å². The van der Waals surface area contributed by atoms with E-state index in [1.54, 1.807) is 0 Å². The zero-order valence-corrected chi connectivity index (χ0v) is 20.4. The van der Waals surface area contributed by atoms with E-state index < -0.39 is 0 Å². The van der Waals surface area contributed by atoms with Crippen LogP contribution in [0.15, 0.2) is 0 Å². The lowest BCUT2D eigenvalue weighted by atomic mass is 10.0. The normalized spacial score (nSPS) is 11.7. The van der Waals surface area contributed by atoms with Crippen molar-refractivity contribution >= 4 is 5.91 Å². The summed E-state index contributed by atoms with van der Waals surface area (Å²) >= 11 is 0. The molecule has 0 unspecified atom stereocenters. The largest absolute Gasteiger partial charge is 0.356 e. The molecule has 0 aromatic carbocycles. The van der Waals surface area contributed by atoms with Gasteiger partial charge in [0.15, 0.2) is 0 Å². The molecular weight excluding hydrogens is 360 g/mol. The molecule has 0 aliphatic heterocycles. The van der Waals surface area contributed by atoms with Gasteiger partial charge in [-0.15, -0.1) is 0 Å². The molecule has 0 aromatic heterocycles. The standard InChI is InChI=1S/C25H52N2O2/c1-5-7-8-9-10-11-12-13-14-15-16-17-18-19-20-22-25(28)26-23-21-24-27(3,4)29-6-2/h5-24H2,1-4H3/p+1. The molecule has 174 valence electrons. The molecule has 0 rings (SSSR count). The van der Waals surface area contributed by atoms with Crippen molar-refractivity contribution < 1.29 is 14.3 Å². The number of hydrogen-bond donors (Lipinski definition) is 1. The molecule has 0 saturated heterocycles. The van der Waals surface area contributed by atoms with Crippen molar-refractivity contribution in [2.75, 3.05) is 33.8 Å². The van der Waals surface area contributed by atoms with Gasteiger partial charge in [0.25, 0.3) is 0 Å². The summed E-state index contributed by atoms with van der Waals surface area (Å²) in [6, 6.07) is 0. The van der Waals surface area contributed by atoms with Crippen LogP contribution >= 0.6 is 0 Å². The van der Waals surface area contributed by atoms with Crippen molar-refractivity contribution in [3.8, 4) is 0 Å². The first kappa shape index (κ1) is 28.4. The molecule has 0 fully saturated rings. The van der Waals surface area contributed by atoms with Gasteiger partial charge in [-0.1, -0.05) is 96.8 Å². The Hall–Kier alpha value is -0.610. The van der Waals surface area contributed by atoms with Crippen molar-refractivity contribution in [1.29, 1.82) is 0 Å². The lowest BCUT2D eigenvalue weighted by molar-refractivity contribution is -1.08. The Bertz CT molecular complexity index is 359. The second kappa shape index (κ2) is 20.7. The molecule has 4 heteroatoms. The molecule has 0 aliphatic rings. The highest BCUT2D eigenvalue weighted by molar-refractivity contribution is 5.75. The van der Waals surface area contributed by atoms with Gasteiger partial charge in [-0.05, 0) is 13.3 Å². The second-order valence-corrected chi connectivity index (χ2v) is 9.12. The highest BCUT2D eigenvalue weighted by Gasteiger charge is 2.14. The average Bonchev–Trinajstić information content (AvgIpc) is 2.68. The zero-order valence-electron chi connectivity index (χ0n) is 20.4. The Morgan fingerprint density at radius 2 is 1.14 bits per heavy atom. The number of quaternary nitrogens is 1. The van der Waals surface area contributed by atoms with Crippen LogP contribution in [0.4, 0.5) is 0 Å². The third-order valence-electron chi connectivity index (χ3n) is 5.68. The number of nitrogens with one attached hydrogen (secondary N) is 1. The zero-order chi connectivity index (χ0) is 21.6. The Kier molecular flexibility index (Phi) is 20.2. The summed E-state index contributed by atoms with van der Waals surface area (Å²) in [4.78, 5) is 17.5. The van der Waals surface area contributed by atoms with E-state index in [1.165, 1.54) is 89.9 Å². The van der Waals surface area contributed by atoms with Crippen molar-refractivity contribution in [1.82, 2.24) is 5.32 Å². The lowest BCUT2D eigenvalue weighted by Gasteiger charge is -2.26. The molecular formula is C25H53N2O2+. The maximum atomic E-state index is 11.9. The molecule has 0 radical (unpaired) electrons. The summed E-state index contributed by atoms with van der Waals surface area (Å²) in [5.74, 6) is 0.210. The van der Waals surface area contributed by atoms with Gasteiger partial charge in [0, 0.05) is 19.4 Å². The Labute approximate surface area is 182 Å². The Morgan fingerprint density at radius 1 is 0.690 bits per heavy atom. The molecule has 0 saturated carbocycles. The predicted molar refractivity (Wildman–Crippen MR) is 126 cm³/mol. The van der Waals surface area contributed by atoms with Crippen LogP contribution in [0.5, 0.6) is 0 Å². The molecule has 29 heavy (non-hydrogen) atoms. The maximum absolute atomic E-state index is 11.9. The van der Waals surface area contributed by atoms with Gasteiger partial charge in [-0.3, -0.25) is 4.79 Å². The molecule has 4 nitrogen and oxygen atoms in total. The number of hydrogen-bond acceptors (Lipinski definition) is 2. The Morgan fingerprint density at radius 3 is 1.59 bits per heavy atom. The highest BCUT2D eigenvalue weighted by Crippen LogP contribution is 2.13. The van der Waals surface area contributed by atoms with Crippen LogP contribution in [0, 0.1) is 0 Å². The van der Waals surface area contributed by atoms with E-state index in [-0.39, 0.29) is 5.91 Å². The molecule has 0 spiro atoms. The molecule has 0 atom stereocenters. The number of nitrogens with zero attached hydrogens (tertiary/aromatic N) is 1. The number of carbonyl (C=O) groups is 1. The fraction of sp³-hybridized carbons (Fsp3) is 0.960. The summed E-state index contributed by atoms with van der Waals surface area (Å²) in [5, 5.41) is 3.04. The quantitative estimate of drug-likeness (QED) is 0.121. The van der Waals surface area contributed by atoms with E-state index in [4.69, 9.17) is 4.84 Å². The number of carbonyl (C=O) groups excluding carboxylic acids is 1. The summed E-state index contributed by atoms with van der Waals surface area (Å²) in [6.07, 6.45) is 22.0. The van der Waals surface area contributed by atoms with Crippen LogP contribution in [0.3, 0.4) is 0 Å². The van der Waals surface area contributed by atoms with E-state index in [0.29, 0.717) is 11.1 Å². The van der Waals surface area contributed by atoms with Crippen molar-refractivity contribution in [2.45, 2.75) is 123 Å². The van der Waals surface area contributed by atoms with Gasteiger partial charge in [0.2, 0.25) is 5.91 Å². The number of amides is 1. The molecule has 0 aromatic rings. The van der Waals surface area contributed by atoms with E-state index in [0.717, 1.165) is 32.5 Å². The fourth-order valence-corrected chi connectivity index (χ4v) is 3.85. The van der Waals surface area contributed by atoms with Crippen LogP contribution in [0.25, 0.3) is 0 Å².